The topological polar surface area (TPSA) is 63.2 Å². The van der Waals surface area contributed by atoms with Crippen LogP contribution >= 0.6 is 0 Å². The average Bonchev–Trinajstić information content (AvgIpc) is 3.19. The van der Waals surface area contributed by atoms with E-state index in [1.807, 2.05) is 20.9 Å². The van der Waals surface area contributed by atoms with Crippen LogP contribution in [0.3, 0.4) is 0 Å². The second-order valence-corrected chi connectivity index (χ2v) is 5.66. The molecule has 0 bridgehead atoms. The van der Waals surface area contributed by atoms with Gasteiger partial charge in [-0.1, -0.05) is 6.92 Å². The van der Waals surface area contributed by atoms with Crippen molar-refractivity contribution in [2.45, 2.75) is 46.1 Å². The Morgan fingerprint density at radius 1 is 1.30 bits per heavy atom. The molecule has 1 aliphatic rings. The van der Waals surface area contributed by atoms with Crippen LogP contribution in [-0.4, -0.2) is 41.2 Å². The van der Waals surface area contributed by atoms with Crippen molar-refractivity contribution in [3.63, 3.8) is 0 Å². The van der Waals surface area contributed by atoms with Gasteiger partial charge in [-0.2, -0.15) is 15.0 Å². The molecular weight excluding hydrogens is 254 g/mol. The van der Waals surface area contributed by atoms with Gasteiger partial charge in [0, 0.05) is 20.1 Å². The van der Waals surface area contributed by atoms with Crippen LogP contribution < -0.4 is 15.0 Å². The molecule has 6 heteroatoms. The molecule has 0 radical (unpaired) electrons. The Morgan fingerprint density at radius 3 is 2.65 bits per heavy atom. The van der Waals surface area contributed by atoms with Gasteiger partial charge in [0.05, 0.1) is 6.10 Å². The van der Waals surface area contributed by atoms with E-state index in [9.17, 15) is 0 Å². The summed E-state index contributed by atoms with van der Waals surface area (Å²) in [6.07, 6.45) is 3.70. The molecule has 0 saturated heterocycles. The van der Waals surface area contributed by atoms with E-state index in [0.717, 1.165) is 25.4 Å². The van der Waals surface area contributed by atoms with E-state index in [0.29, 0.717) is 17.9 Å². The molecule has 1 aliphatic carbocycles. The van der Waals surface area contributed by atoms with Crippen molar-refractivity contribution in [1.29, 1.82) is 0 Å². The quantitative estimate of drug-likeness (QED) is 0.788. The number of aromatic nitrogens is 3. The molecule has 0 spiro atoms. The highest BCUT2D eigenvalue weighted by Crippen LogP contribution is 2.30. The van der Waals surface area contributed by atoms with Gasteiger partial charge in [-0.05, 0) is 39.0 Å². The van der Waals surface area contributed by atoms with Crippen molar-refractivity contribution in [3.8, 4) is 6.01 Å². The van der Waals surface area contributed by atoms with Crippen LogP contribution in [0.2, 0.25) is 0 Å². The van der Waals surface area contributed by atoms with E-state index in [1.54, 1.807) is 0 Å². The Hall–Kier alpha value is -1.59. The maximum absolute atomic E-state index is 5.62. The van der Waals surface area contributed by atoms with Crippen LogP contribution in [-0.2, 0) is 0 Å². The summed E-state index contributed by atoms with van der Waals surface area (Å²) in [5, 5.41) is 3.20. The fourth-order valence-electron chi connectivity index (χ4n) is 1.87. The standard InChI is InChI=1S/C14H25N5O/c1-5-8-15-12-16-13(19(4)9-11-6-7-11)18-14(17-12)20-10(2)3/h10-11H,5-9H2,1-4H3,(H,15,16,17,18). The van der Waals surface area contributed by atoms with Gasteiger partial charge in [0.15, 0.2) is 0 Å². The van der Waals surface area contributed by atoms with Gasteiger partial charge in [-0.3, -0.25) is 0 Å². The van der Waals surface area contributed by atoms with E-state index >= 15 is 0 Å². The zero-order valence-electron chi connectivity index (χ0n) is 12.9. The highest BCUT2D eigenvalue weighted by Gasteiger charge is 2.24. The SMILES string of the molecule is CCCNc1nc(OC(C)C)nc(N(C)CC2CC2)n1. The monoisotopic (exact) mass is 279 g/mol. The van der Waals surface area contributed by atoms with Crippen molar-refractivity contribution >= 4 is 11.9 Å². The maximum atomic E-state index is 5.62. The number of ether oxygens (including phenoxy) is 1. The Morgan fingerprint density at radius 2 is 2.05 bits per heavy atom. The summed E-state index contributed by atoms with van der Waals surface area (Å²) in [5.41, 5.74) is 0. The van der Waals surface area contributed by atoms with Gasteiger partial charge in [0.2, 0.25) is 11.9 Å². The first-order valence-electron chi connectivity index (χ1n) is 7.46. The van der Waals surface area contributed by atoms with Crippen molar-refractivity contribution in [2.24, 2.45) is 5.92 Å². The minimum atomic E-state index is 0.0537. The van der Waals surface area contributed by atoms with Crippen LogP contribution in [0.1, 0.15) is 40.0 Å². The molecule has 1 fully saturated rings. The molecule has 1 heterocycles. The lowest BCUT2D eigenvalue weighted by atomic mass is 10.4. The minimum absolute atomic E-state index is 0.0537. The Kier molecular flexibility index (Phi) is 4.98. The minimum Gasteiger partial charge on any atom is -0.461 e. The van der Waals surface area contributed by atoms with E-state index in [1.165, 1.54) is 12.8 Å². The van der Waals surface area contributed by atoms with E-state index in [-0.39, 0.29) is 6.10 Å². The zero-order chi connectivity index (χ0) is 14.5. The van der Waals surface area contributed by atoms with E-state index < -0.39 is 0 Å². The lowest BCUT2D eigenvalue weighted by molar-refractivity contribution is 0.222. The molecule has 0 aliphatic heterocycles. The molecule has 0 aromatic carbocycles. The molecule has 1 aromatic heterocycles. The predicted octanol–water partition coefficient (Wildman–Crippen LogP) is 2.33. The first-order valence-corrected chi connectivity index (χ1v) is 7.46. The van der Waals surface area contributed by atoms with Crippen LogP contribution in [0, 0.1) is 5.92 Å². The third-order valence-corrected chi connectivity index (χ3v) is 3.05. The van der Waals surface area contributed by atoms with Crippen LogP contribution in [0.5, 0.6) is 6.01 Å². The predicted molar refractivity (Wildman–Crippen MR) is 80.4 cm³/mol. The molecule has 1 saturated carbocycles. The third kappa shape index (κ3) is 4.51. The second-order valence-electron chi connectivity index (χ2n) is 5.66. The highest BCUT2D eigenvalue weighted by molar-refractivity contribution is 5.38. The summed E-state index contributed by atoms with van der Waals surface area (Å²) >= 11 is 0. The normalized spacial score (nSPS) is 14.4. The van der Waals surface area contributed by atoms with Crippen molar-refractivity contribution in [2.75, 3.05) is 30.4 Å². The number of anilines is 2. The molecular formula is C14H25N5O. The van der Waals surface area contributed by atoms with Crippen molar-refractivity contribution < 1.29 is 4.74 Å². The average molecular weight is 279 g/mol. The highest BCUT2D eigenvalue weighted by atomic mass is 16.5. The summed E-state index contributed by atoms with van der Waals surface area (Å²) in [4.78, 5) is 15.3. The Labute approximate surface area is 121 Å². The fraction of sp³-hybridized carbons (Fsp3) is 0.786. The van der Waals surface area contributed by atoms with Crippen LogP contribution in [0.15, 0.2) is 0 Å². The van der Waals surface area contributed by atoms with Crippen LogP contribution in [0.4, 0.5) is 11.9 Å². The van der Waals surface area contributed by atoms with Gasteiger partial charge in [-0.25, -0.2) is 0 Å². The van der Waals surface area contributed by atoms with Gasteiger partial charge in [-0.15, -0.1) is 0 Å². The van der Waals surface area contributed by atoms with Crippen molar-refractivity contribution in [1.82, 2.24) is 15.0 Å². The van der Waals surface area contributed by atoms with E-state index in [4.69, 9.17) is 4.74 Å². The summed E-state index contributed by atoms with van der Waals surface area (Å²) in [6, 6.07) is 0.395. The zero-order valence-corrected chi connectivity index (χ0v) is 12.9. The Bertz CT molecular complexity index is 434. The molecule has 0 atom stereocenters. The summed E-state index contributed by atoms with van der Waals surface area (Å²) in [5.74, 6) is 2.06. The van der Waals surface area contributed by atoms with E-state index in [2.05, 4.69) is 32.1 Å². The molecule has 6 nitrogen and oxygen atoms in total. The van der Waals surface area contributed by atoms with Crippen molar-refractivity contribution in [3.05, 3.63) is 0 Å². The first-order chi connectivity index (χ1) is 9.58. The number of nitrogens with zero attached hydrogens (tertiary/aromatic N) is 4. The number of hydrogen-bond acceptors (Lipinski definition) is 6. The molecule has 2 rings (SSSR count). The number of rotatable bonds is 8. The Balaban J connectivity index is 2.14. The molecule has 0 amide bonds. The summed E-state index contributed by atoms with van der Waals surface area (Å²) < 4.78 is 5.62. The van der Waals surface area contributed by atoms with Crippen LogP contribution in [0.25, 0.3) is 0 Å². The lowest BCUT2D eigenvalue weighted by Crippen LogP contribution is -2.24. The molecule has 112 valence electrons. The number of nitrogens with one attached hydrogen (secondary N) is 1. The number of hydrogen-bond donors (Lipinski definition) is 1. The van der Waals surface area contributed by atoms with Gasteiger partial charge >= 0.3 is 6.01 Å². The maximum Gasteiger partial charge on any atom is 0.323 e. The third-order valence-electron chi connectivity index (χ3n) is 3.05. The summed E-state index contributed by atoms with van der Waals surface area (Å²) in [6.45, 7) is 7.89. The molecule has 0 unspecified atom stereocenters. The molecule has 1 aromatic rings. The summed E-state index contributed by atoms with van der Waals surface area (Å²) in [7, 11) is 2.02. The molecule has 1 N–H and O–H groups in total. The van der Waals surface area contributed by atoms with Gasteiger partial charge in [0.25, 0.3) is 0 Å². The lowest BCUT2D eigenvalue weighted by Gasteiger charge is -2.18. The fourth-order valence-corrected chi connectivity index (χ4v) is 1.87. The second kappa shape index (κ2) is 6.72. The molecule has 20 heavy (non-hydrogen) atoms. The largest absolute Gasteiger partial charge is 0.461 e. The smallest absolute Gasteiger partial charge is 0.323 e. The van der Waals surface area contributed by atoms with Gasteiger partial charge < -0.3 is 15.0 Å². The van der Waals surface area contributed by atoms with Gasteiger partial charge in [0.1, 0.15) is 0 Å². The first kappa shape index (κ1) is 14.8.